The van der Waals surface area contributed by atoms with E-state index < -0.39 is 5.54 Å². The molecule has 0 aromatic carbocycles. The van der Waals surface area contributed by atoms with Crippen LogP contribution in [0.1, 0.15) is 38.4 Å². The van der Waals surface area contributed by atoms with Crippen LogP contribution in [0.25, 0.3) is 0 Å². The lowest BCUT2D eigenvalue weighted by Gasteiger charge is -2.41. The molecule has 21 heavy (non-hydrogen) atoms. The fourth-order valence-electron chi connectivity index (χ4n) is 2.39. The third kappa shape index (κ3) is 2.43. The fraction of sp³-hybridized carbons (Fsp3) is 0.571. The van der Waals surface area contributed by atoms with E-state index in [2.05, 4.69) is 20.6 Å². The summed E-state index contributed by atoms with van der Waals surface area (Å²) in [5.74, 6) is 1.88. The molecular formula is C14H19N5O2. The Hall–Kier alpha value is -2.18. The highest BCUT2D eigenvalue weighted by Crippen LogP contribution is 2.39. The lowest BCUT2D eigenvalue weighted by Crippen LogP contribution is -2.64. The number of carbonyl (C=O) groups excluding carboxylic acids is 2. The molecule has 1 saturated carbocycles. The molecule has 7 nitrogen and oxygen atoms in total. The van der Waals surface area contributed by atoms with Crippen molar-refractivity contribution >= 4 is 23.5 Å². The minimum absolute atomic E-state index is 0.114. The molecule has 112 valence electrons. The van der Waals surface area contributed by atoms with Gasteiger partial charge in [0, 0.05) is 19.0 Å². The Bertz CT molecular complexity index is 609. The maximum Gasteiger partial charge on any atom is 0.251 e. The van der Waals surface area contributed by atoms with Crippen molar-refractivity contribution in [2.24, 2.45) is 0 Å². The number of anilines is 2. The van der Waals surface area contributed by atoms with E-state index in [1.54, 1.807) is 31.9 Å². The van der Waals surface area contributed by atoms with Crippen LogP contribution in [0.15, 0.2) is 6.07 Å². The Balaban J connectivity index is 2.03. The van der Waals surface area contributed by atoms with Crippen LogP contribution in [-0.2, 0) is 9.59 Å². The van der Waals surface area contributed by atoms with Gasteiger partial charge in [-0.3, -0.25) is 14.9 Å². The summed E-state index contributed by atoms with van der Waals surface area (Å²) in [4.78, 5) is 34.5. The first kappa shape index (κ1) is 13.8. The molecule has 3 rings (SSSR count). The lowest BCUT2D eigenvalue weighted by atomic mass is 9.99. The van der Waals surface area contributed by atoms with E-state index in [9.17, 15) is 9.59 Å². The molecule has 2 amide bonds. The predicted octanol–water partition coefficient (Wildman–Crippen LogP) is 0.637. The summed E-state index contributed by atoms with van der Waals surface area (Å²) in [5, 5.41) is 5.39. The molecule has 0 radical (unpaired) electrons. The normalized spacial score (nSPS) is 21.2. The van der Waals surface area contributed by atoms with E-state index >= 15 is 0 Å². The number of nitrogens with zero attached hydrogens (tertiary/aromatic N) is 3. The van der Waals surface area contributed by atoms with Crippen molar-refractivity contribution in [1.29, 1.82) is 0 Å². The van der Waals surface area contributed by atoms with Gasteiger partial charge in [0.25, 0.3) is 5.91 Å². The van der Waals surface area contributed by atoms with Crippen LogP contribution in [0.3, 0.4) is 0 Å². The highest BCUT2D eigenvalue weighted by Gasteiger charge is 2.42. The average Bonchev–Trinajstić information content (AvgIpc) is 3.27. The zero-order valence-corrected chi connectivity index (χ0v) is 12.4. The zero-order chi connectivity index (χ0) is 15.2. The lowest BCUT2D eigenvalue weighted by molar-refractivity contribution is -0.135. The second kappa shape index (κ2) is 4.68. The van der Waals surface area contributed by atoms with Crippen molar-refractivity contribution < 1.29 is 9.59 Å². The Morgan fingerprint density at radius 1 is 1.33 bits per heavy atom. The first-order valence-electron chi connectivity index (χ1n) is 7.10. The molecule has 1 aromatic heterocycles. The minimum Gasteiger partial charge on any atom is -0.373 e. The molecule has 7 heteroatoms. The van der Waals surface area contributed by atoms with Crippen molar-refractivity contribution in [3.05, 3.63) is 11.9 Å². The number of imide groups is 1. The molecule has 0 atom stereocenters. The van der Waals surface area contributed by atoms with E-state index in [-0.39, 0.29) is 18.4 Å². The van der Waals surface area contributed by atoms with Gasteiger partial charge in [-0.05, 0) is 26.7 Å². The molecule has 1 saturated heterocycles. The van der Waals surface area contributed by atoms with Crippen molar-refractivity contribution in [2.75, 3.05) is 23.8 Å². The summed E-state index contributed by atoms with van der Waals surface area (Å²) < 4.78 is 0. The molecule has 2 heterocycles. The number of carbonyl (C=O) groups is 2. The average molecular weight is 289 g/mol. The Kier molecular flexibility index (Phi) is 3.07. The van der Waals surface area contributed by atoms with Gasteiger partial charge in [0.15, 0.2) is 0 Å². The minimum atomic E-state index is -0.825. The number of hydrogen-bond donors (Lipinski definition) is 2. The van der Waals surface area contributed by atoms with E-state index in [0.29, 0.717) is 17.6 Å². The number of rotatable bonds is 3. The highest BCUT2D eigenvalue weighted by atomic mass is 16.2. The number of nitrogens with one attached hydrogen (secondary N) is 2. The molecular weight excluding hydrogens is 270 g/mol. The topological polar surface area (TPSA) is 87.2 Å². The number of amides is 2. The van der Waals surface area contributed by atoms with Gasteiger partial charge < -0.3 is 10.2 Å². The first-order chi connectivity index (χ1) is 9.91. The van der Waals surface area contributed by atoms with Gasteiger partial charge in [0.05, 0.1) is 6.54 Å². The molecule has 2 N–H and O–H groups in total. The van der Waals surface area contributed by atoms with Gasteiger partial charge in [-0.1, -0.05) is 0 Å². The summed E-state index contributed by atoms with van der Waals surface area (Å²) >= 11 is 0. The van der Waals surface area contributed by atoms with Gasteiger partial charge in [0.1, 0.15) is 23.0 Å². The van der Waals surface area contributed by atoms with Gasteiger partial charge in [-0.15, -0.1) is 0 Å². The zero-order valence-electron chi connectivity index (χ0n) is 12.4. The van der Waals surface area contributed by atoms with Crippen molar-refractivity contribution in [2.45, 2.75) is 38.1 Å². The van der Waals surface area contributed by atoms with Gasteiger partial charge in [-0.2, -0.15) is 0 Å². The van der Waals surface area contributed by atoms with Crippen LogP contribution >= 0.6 is 0 Å². The van der Waals surface area contributed by atoms with Gasteiger partial charge in [0.2, 0.25) is 5.91 Å². The molecule has 2 fully saturated rings. The summed E-state index contributed by atoms with van der Waals surface area (Å²) in [6, 6.07) is 1.78. The number of aromatic nitrogens is 2. The summed E-state index contributed by atoms with van der Waals surface area (Å²) in [6.07, 6.45) is 2.19. The van der Waals surface area contributed by atoms with Crippen molar-refractivity contribution in [3.8, 4) is 0 Å². The van der Waals surface area contributed by atoms with Crippen molar-refractivity contribution in [1.82, 2.24) is 15.3 Å². The molecule has 1 aromatic rings. The Labute approximate surface area is 123 Å². The van der Waals surface area contributed by atoms with Crippen LogP contribution < -0.4 is 15.5 Å². The second-order valence-electron chi connectivity index (χ2n) is 6.02. The summed E-state index contributed by atoms with van der Waals surface area (Å²) in [7, 11) is 1.79. The highest BCUT2D eigenvalue weighted by molar-refractivity contribution is 6.06. The SMILES string of the molecule is CNc1cc(N2CC(=O)NC(=O)C2(C)C)nc(C2CC2)n1. The quantitative estimate of drug-likeness (QED) is 0.794. The smallest absolute Gasteiger partial charge is 0.251 e. The van der Waals surface area contributed by atoms with Gasteiger partial charge >= 0.3 is 0 Å². The second-order valence-corrected chi connectivity index (χ2v) is 6.02. The van der Waals surface area contributed by atoms with Crippen LogP contribution in [-0.4, -0.2) is 40.9 Å². The molecule has 0 spiro atoms. The molecule has 0 unspecified atom stereocenters. The molecule has 1 aliphatic carbocycles. The van der Waals surface area contributed by atoms with E-state index in [1.165, 1.54) is 0 Å². The standard InChI is InChI=1S/C14H19N5O2/c1-14(2)13(21)18-11(20)7-19(14)10-6-9(15-3)16-12(17-10)8-4-5-8/h6,8H,4-5,7H2,1-3H3,(H,15,16,17)(H,18,20,21). The molecule has 1 aliphatic heterocycles. The van der Waals surface area contributed by atoms with E-state index in [4.69, 9.17) is 0 Å². The maximum atomic E-state index is 12.1. The summed E-state index contributed by atoms with van der Waals surface area (Å²) in [5.41, 5.74) is -0.825. The third-order valence-electron chi connectivity index (χ3n) is 3.99. The first-order valence-corrected chi connectivity index (χ1v) is 7.10. The number of hydrogen-bond acceptors (Lipinski definition) is 6. The van der Waals surface area contributed by atoms with E-state index in [1.807, 2.05) is 0 Å². The maximum absolute atomic E-state index is 12.1. The number of piperazine rings is 1. The largest absolute Gasteiger partial charge is 0.373 e. The van der Waals surface area contributed by atoms with Crippen LogP contribution in [0, 0.1) is 0 Å². The van der Waals surface area contributed by atoms with Crippen LogP contribution in [0.5, 0.6) is 0 Å². The summed E-state index contributed by atoms with van der Waals surface area (Å²) in [6.45, 7) is 3.68. The monoisotopic (exact) mass is 289 g/mol. The van der Waals surface area contributed by atoms with Gasteiger partial charge in [-0.25, -0.2) is 9.97 Å². The van der Waals surface area contributed by atoms with Crippen LogP contribution in [0.2, 0.25) is 0 Å². The predicted molar refractivity (Wildman–Crippen MR) is 78.1 cm³/mol. The fourth-order valence-corrected chi connectivity index (χ4v) is 2.39. The van der Waals surface area contributed by atoms with Crippen LogP contribution in [0.4, 0.5) is 11.6 Å². The molecule has 2 aliphatic rings. The van der Waals surface area contributed by atoms with Crippen molar-refractivity contribution in [3.63, 3.8) is 0 Å². The third-order valence-corrected chi connectivity index (χ3v) is 3.99. The Morgan fingerprint density at radius 2 is 2.05 bits per heavy atom. The molecule has 0 bridgehead atoms. The Morgan fingerprint density at radius 3 is 2.67 bits per heavy atom. The van der Waals surface area contributed by atoms with E-state index in [0.717, 1.165) is 18.7 Å².